The molecular weight excluding hydrogens is 313 g/mol. The van der Waals surface area contributed by atoms with Crippen molar-refractivity contribution in [3.8, 4) is 5.75 Å². The highest BCUT2D eigenvalue weighted by atomic mass is 19.1. The smallest absolute Gasteiger partial charge is 0.256 e. The Labute approximate surface area is 139 Å². The number of Topliss-reactive ketones (excluding diaryl/α,β-unsaturated/α-hetero) is 1. The number of halogens is 1. The molecule has 2 aliphatic heterocycles. The number of amides is 1. The summed E-state index contributed by atoms with van der Waals surface area (Å²) in [4.78, 5) is 25.6. The van der Waals surface area contributed by atoms with Crippen molar-refractivity contribution in [1.29, 1.82) is 0 Å². The molecule has 1 saturated heterocycles. The molecule has 3 aliphatic rings. The molecule has 0 aromatic heterocycles. The van der Waals surface area contributed by atoms with Crippen LogP contribution < -0.4 is 4.74 Å². The van der Waals surface area contributed by atoms with E-state index in [2.05, 4.69) is 0 Å². The normalized spacial score (nSPS) is 20.4. The van der Waals surface area contributed by atoms with Gasteiger partial charge in [0, 0.05) is 43.7 Å². The lowest BCUT2D eigenvalue weighted by molar-refractivity contribution is -0.121. The monoisotopic (exact) mass is 333 g/mol. The van der Waals surface area contributed by atoms with Crippen LogP contribution in [0, 0.1) is 17.7 Å². The number of ketones is 1. The summed E-state index contributed by atoms with van der Waals surface area (Å²) in [7, 11) is 0. The van der Waals surface area contributed by atoms with Gasteiger partial charge in [-0.15, -0.1) is 0 Å². The Kier molecular flexibility index (Phi) is 4.00. The molecule has 1 aromatic carbocycles. The number of ether oxygens (including phenoxy) is 2. The molecule has 0 bridgehead atoms. The van der Waals surface area contributed by atoms with Gasteiger partial charge in [-0.2, -0.15) is 0 Å². The van der Waals surface area contributed by atoms with E-state index < -0.39 is 5.82 Å². The second-order valence-electron chi connectivity index (χ2n) is 7.00. The first-order valence-corrected chi connectivity index (χ1v) is 8.44. The Hall–Kier alpha value is -1.95. The van der Waals surface area contributed by atoms with Gasteiger partial charge >= 0.3 is 0 Å². The first kappa shape index (κ1) is 15.6. The SMILES string of the molecule is O=C1COc2cc(F)c(C(=O)N3CC(COCC4CC4)C3)cc2C1. The van der Waals surface area contributed by atoms with E-state index in [1.54, 1.807) is 4.90 Å². The summed E-state index contributed by atoms with van der Waals surface area (Å²) in [6.07, 6.45) is 2.71. The molecule has 4 rings (SSSR count). The van der Waals surface area contributed by atoms with Crippen molar-refractivity contribution < 1.29 is 23.5 Å². The average molecular weight is 333 g/mol. The minimum atomic E-state index is -0.596. The fourth-order valence-electron chi connectivity index (χ4n) is 3.16. The Morgan fingerprint density at radius 3 is 2.75 bits per heavy atom. The standard InChI is InChI=1S/C18H20FNO4/c19-16-5-17-13(3-14(21)10-24-17)4-15(16)18(22)20-6-12(7-20)9-23-8-11-1-2-11/h4-5,11-12H,1-3,6-10H2. The zero-order valence-corrected chi connectivity index (χ0v) is 13.4. The molecule has 1 aromatic rings. The van der Waals surface area contributed by atoms with Crippen molar-refractivity contribution in [3.05, 3.63) is 29.1 Å². The Morgan fingerprint density at radius 1 is 1.25 bits per heavy atom. The maximum atomic E-state index is 14.2. The summed E-state index contributed by atoms with van der Waals surface area (Å²) >= 11 is 0. The third kappa shape index (κ3) is 3.15. The molecule has 128 valence electrons. The molecule has 1 saturated carbocycles. The molecule has 0 spiro atoms. The van der Waals surface area contributed by atoms with Crippen LogP contribution >= 0.6 is 0 Å². The fraction of sp³-hybridized carbons (Fsp3) is 0.556. The molecule has 24 heavy (non-hydrogen) atoms. The summed E-state index contributed by atoms with van der Waals surface area (Å²) in [5, 5.41) is 0. The van der Waals surface area contributed by atoms with E-state index in [1.807, 2.05) is 0 Å². The topological polar surface area (TPSA) is 55.8 Å². The number of likely N-dealkylation sites (tertiary alicyclic amines) is 1. The lowest BCUT2D eigenvalue weighted by atomic mass is 9.97. The van der Waals surface area contributed by atoms with Crippen LogP contribution in [0.3, 0.4) is 0 Å². The summed E-state index contributed by atoms with van der Waals surface area (Å²) in [6, 6.07) is 2.67. The second kappa shape index (κ2) is 6.16. The Bertz CT molecular complexity index is 680. The summed E-state index contributed by atoms with van der Waals surface area (Å²) in [5.74, 6) is 0.437. The van der Waals surface area contributed by atoms with Crippen molar-refractivity contribution in [2.75, 3.05) is 32.9 Å². The molecule has 5 nitrogen and oxygen atoms in total. The van der Waals surface area contributed by atoms with Gasteiger partial charge < -0.3 is 14.4 Å². The number of benzene rings is 1. The minimum absolute atomic E-state index is 0.0180. The van der Waals surface area contributed by atoms with E-state index in [1.165, 1.54) is 25.0 Å². The first-order chi connectivity index (χ1) is 11.6. The van der Waals surface area contributed by atoms with Crippen LogP contribution in [-0.2, 0) is 16.0 Å². The van der Waals surface area contributed by atoms with Gasteiger partial charge in [-0.05, 0) is 24.8 Å². The third-order valence-electron chi connectivity index (χ3n) is 4.81. The number of hydrogen-bond acceptors (Lipinski definition) is 4. The van der Waals surface area contributed by atoms with Crippen LogP contribution in [0.1, 0.15) is 28.8 Å². The predicted molar refractivity (Wildman–Crippen MR) is 83.5 cm³/mol. The zero-order chi connectivity index (χ0) is 16.7. The number of hydrogen-bond donors (Lipinski definition) is 0. The zero-order valence-electron chi connectivity index (χ0n) is 13.4. The number of fused-ring (bicyclic) bond motifs is 1. The summed E-state index contributed by atoms with van der Waals surface area (Å²) in [6.45, 7) is 2.63. The van der Waals surface area contributed by atoms with Gasteiger partial charge in [0.05, 0.1) is 12.2 Å². The van der Waals surface area contributed by atoms with Crippen LogP contribution in [0.15, 0.2) is 12.1 Å². The van der Waals surface area contributed by atoms with Gasteiger partial charge in [0.1, 0.15) is 18.2 Å². The molecule has 0 N–H and O–H groups in total. The van der Waals surface area contributed by atoms with Crippen molar-refractivity contribution in [3.63, 3.8) is 0 Å². The van der Waals surface area contributed by atoms with Crippen LogP contribution in [0.2, 0.25) is 0 Å². The van der Waals surface area contributed by atoms with Gasteiger partial charge in [0.2, 0.25) is 0 Å². The summed E-state index contributed by atoms with van der Waals surface area (Å²) in [5.41, 5.74) is 0.602. The molecular formula is C18H20FNO4. The van der Waals surface area contributed by atoms with Crippen molar-refractivity contribution in [2.24, 2.45) is 11.8 Å². The van der Waals surface area contributed by atoms with Gasteiger partial charge in [0.25, 0.3) is 5.91 Å². The quantitative estimate of drug-likeness (QED) is 0.825. The highest BCUT2D eigenvalue weighted by molar-refractivity contribution is 5.96. The largest absolute Gasteiger partial charge is 0.485 e. The van der Waals surface area contributed by atoms with Gasteiger partial charge in [0.15, 0.2) is 5.78 Å². The average Bonchev–Trinajstić information content (AvgIpc) is 3.33. The first-order valence-electron chi connectivity index (χ1n) is 8.44. The fourth-order valence-corrected chi connectivity index (χ4v) is 3.16. The van der Waals surface area contributed by atoms with E-state index in [4.69, 9.17) is 9.47 Å². The third-order valence-corrected chi connectivity index (χ3v) is 4.81. The Balaban J connectivity index is 1.36. The van der Waals surface area contributed by atoms with Crippen molar-refractivity contribution >= 4 is 11.7 Å². The van der Waals surface area contributed by atoms with E-state index in [-0.39, 0.29) is 30.3 Å². The highest BCUT2D eigenvalue weighted by Gasteiger charge is 2.34. The number of rotatable bonds is 5. The number of carbonyl (C=O) groups is 2. The molecule has 0 radical (unpaired) electrons. The molecule has 1 aliphatic carbocycles. The van der Waals surface area contributed by atoms with Crippen LogP contribution in [0.5, 0.6) is 5.75 Å². The van der Waals surface area contributed by atoms with Gasteiger partial charge in [-0.25, -0.2) is 4.39 Å². The predicted octanol–water partition coefficient (Wildman–Crippen LogP) is 1.83. The lowest BCUT2D eigenvalue weighted by Crippen LogP contribution is -2.51. The van der Waals surface area contributed by atoms with E-state index in [0.29, 0.717) is 36.9 Å². The van der Waals surface area contributed by atoms with Crippen molar-refractivity contribution in [2.45, 2.75) is 19.3 Å². The van der Waals surface area contributed by atoms with E-state index >= 15 is 0 Å². The number of carbonyl (C=O) groups excluding carboxylic acids is 2. The molecule has 0 unspecified atom stereocenters. The minimum Gasteiger partial charge on any atom is -0.485 e. The van der Waals surface area contributed by atoms with Crippen molar-refractivity contribution in [1.82, 2.24) is 4.90 Å². The summed E-state index contributed by atoms with van der Waals surface area (Å²) < 4.78 is 25.1. The van der Waals surface area contributed by atoms with Crippen LogP contribution in [0.25, 0.3) is 0 Å². The maximum absolute atomic E-state index is 14.2. The molecule has 2 fully saturated rings. The second-order valence-corrected chi connectivity index (χ2v) is 7.00. The van der Waals surface area contributed by atoms with E-state index in [0.717, 1.165) is 12.5 Å². The molecule has 1 amide bonds. The molecule has 6 heteroatoms. The Morgan fingerprint density at radius 2 is 2.00 bits per heavy atom. The van der Waals surface area contributed by atoms with E-state index in [9.17, 15) is 14.0 Å². The lowest BCUT2D eigenvalue weighted by Gasteiger charge is -2.39. The van der Waals surface area contributed by atoms with Crippen LogP contribution in [0.4, 0.5) is 4.39 Å². The maximum Gasteiger partial charge on any atom is 0.256 e. The van der Waals surface area contributed by atoms with Gasteiger partial charge in [-0.1, -0.05) is 0 Å². The molecule has 0 atom stereocenters. The van der Waals surface area contributed by atoms with Gasteiger partial charge in [-0.3, -0.25) is 9.59 Å². The van der Waals surface area contributed by atoms with Crippen LogP contribution in [-0.4, -0.2) is 49.5 Å². The number of nitrogens with zero attached hydrogens (tertiary/aromatic N) is 1. The highest BCUT2D eigenvalue weighted by Crippen LogP contribution is 2.30. The molecule has 2 heterocycles.